The van der Waals surface area contributed by atoms with E-state index in [1.54, 1.807) is 47.6 Å². The van der Waals surface area contributed by atoms with Crippen molar-refractivity contribution in [1.82, 2.24) is 4.90 Å². The normalized spacial score (nSPS) is 11.8. The van der Waals surface area contributed by atoms with Crippen LogP contribution in [0.5, 0.6) is 11.5 Å². The van der Waals surface area contributed by atoms with Gasteiger partial charge in [-0.15, -0.1) is 12.4 Å². The number of halogens is 1. The molecule has 0 aliphatic rings. The van der Waals surface area contributed by atoms with Gasteiger partial charge >= 0.3 is 11.9 Å². The highest BCUT2D eigenvalue weighted by Gasteiger charge is 2.28. The van der Waals surface area contributed by atoms with E-state index in [0.717, 1.165) is 31.6 Å². The quantitative estimate of drug-likeness (QED) is 0.275. The van der Waals surface area contributed by atoms with Crippen LogP contribution < -0.4 is 9.47 Å². The summed E-state index contributed by atoms with van der Waals surface area (Å²) >= 11 is 0. The summed E-state index contributed by atoms with van der Waals surface area (Å²) in [7, 11) is 0. The molecule has 0 radical (unpaired) electrons. The molecule has 0 atom stereocenters. The van der Waals surface area contributed by atoms with E-state index >= 15 is 0 Å². The Morgan fingerprint density at radius 3 is 1.69 bits per heavy atom. The minimum Gasteiger partial charge on any atom is -0.422 e. The molecule has 0 aliphatic carbocycles. The van der Waals surface area contributed by atoms with Crippen molar-refractivity contribution in [3.63, 3.8) is 0 Å². The summed E-state index contributed by atoms with van der Waals surface area (Å²) < 4.78 is 11.3. The van der Waals surface area contributed by atoms with Crippen LogP contribution in [0.3, 0.4) is 0 Å². The van der Waals surface area contributed by atoms with Crippen molar-refractivity contribution in [3.05, 3.63) is 23.8 Å². The number of hydrogen-bond acceptors (Lipinski definition) is 5. The molecule has 0 aromatic heterocycles. The van der Waals surface area contributed by atoms with Crippen LogP contribution in [0.25, 0.3) is 0 Å². The Kier molecular flexibility index (Phi) is 13.2. The largest absolute Gasteiger partial charge is 0.422 e. The first-order valence-corrected chi connectivity index (χ1v) is 11.7. The lowest BCUT2D eigenvalue weighted by molar-refractivity contribution is -0.145. The third kappa shape index (κ3) is 10.8. The van der Waals surface area contributed by atoms with E-state index in [1.807, 2.05) is 12.1 Å². The fraction of sp³-hybridized carbons (Fsp3) is 0.692. The van der Waals surface area contributed by atoms with E-state index < -0.39 is 10.8 Å². The average molecular weight is 470 g/mol. The monoisotopic (exact) mass is 469 g/mol. The van der Waals surface area contributed by atoms with Crippen molar-refractivity contribution in [1.29, 1.82) is 0 Å². The van der Waals surface area contributed by atoms with Gasteiger partial charge in [-0.3, -0.25) is 9.59 Å². The molecule has 0 amide bonds. The lowest BCUT2D eigenvalue weighted by Crippen LogP contribution is -2.29. The zero-order valence-electron chi connectivity index (χ0n) is 21.4. The van der Waals surface area contributed by atoms with Gasteiger partial charge in [-0.1, -0.05) is 32.8 Å². The Morgan fingerprint density at radius 1 is 0.781 bits per heavy atom. The highest BCUT2D eigenvalue weighted by Crippen LogP contribution is 2.32. The molecule has 1 aromatic carbocycles. The molecular weight excluding hydrogens is 426 g/mol. The van der Waals surface area contributed by atoms with E-state index in [2.05, 4.69) is 18.7 Å². The Balaban J connectivity index is 0.00000961. The smallest absolute Gasteiger partial charge is 0.316 e. The van der Waals surface area contributed by atoms with Crippen molar-refractivity contribution < 1.29 is 19.1 Å². The summed E-state index contributed by atoms with van der Waals surface area (Å²) in [5.74, 6) is -0.123. The number of carbonyl (C=O) groups excluding carboxylic acids is 2. The van der Waals surface area contributed by atoms with Crippen molar-refractivity contribution in [2.24, 2.45) is 10.8 Å². The van der Waals surface area contributed by atoms with Crippen LogP contribution >= 0.6 is 12.4 Å². The van der Waals surface area contributed by atoms with Gasteiger partial charge < -0.3 is 14.4 Å². The molecule has 1 aromatic rings. The predicted molar refractivity (Wildman–Crippen MR) is 134 cm³/mol. The van der Waals surface area contributed by atoms with Gasteiger partial charge in [-0.2, -0.15) is 0 Å². The second kappa shape index (κ2) is 13.8. The molecule has 0 saturated heterocycles. The molecule has 0 spiro atoms. The summed E-state index contributed by atoms with van der Waals surface area (Å²) in [5, 5.41) is 0. The van der Waals surface area contributed by atoms with E-state index in [0.29, 0.717) is 5.75 Å². The average Bonchev–Trinajstić information content (AvgIpc) is 2.67. The van der Waals surface area contributed by atoms with Gasteiger partial charge in [0.1, 0.15) is 0 Å². The van der Waals surface area contributed by atoms with Gasteiger partial charge in [0.05, 0.1) is 10.8 Å². The van der Waals surface area contributed by atoms with E-state index in [4.69, 9.17) is 9.47 Å². The van der Waals surface area contributed by atoms with Gasteiger partial charge in [0, 0.05) is 6.54 Å². The first-order valence-electron chi connectivity index (χ1n) is 11.7. The maximum atomic E-state index is 12.5. The third-order valence-corrected chi connectivity index (χ3v) is 5.01. The lowest BCUT2D eigenvalue weighted by atomic mass is 9.97. The SMILES string of the molecule is CCCCN(CCCC)CCc1ccc(OC(=O)C(C)(C)C)c(OC(=O)C(C)(C)C)c1.Cl. The van der Waals surface area contributed by atoms with Gasteiger partial charge in [-0.25, -0.2) is 0 Å². The van der Waals surface area contributed by atoms with Gasteiger partial charge in [-0.05, 0) is 91.6 Å². The van der Waals surface area contributed by atoms with E-state index in [-0.39, 0.29) is 30.1 Å². The molecule has 5 nitrogen and oxygen atoms in total. The van der Waals surface area contributed by atoms with Crippen LogP contribution in [-0.4, -0.2) is 36.5 Å². The first kappa shape index (κ1) is 30.4. The Morgan fingerprint density at radius 2 is 1.25 bits per heavy atom. The van der Waals surface area contributed by atoms with Crippen LogP contribution in [0.2, 0.25) is 0 Å². The zero-order valence-corrected chi connectivity index (χ0v) is 22.2. The van der Waals surface area contributed by atoms with Crippen LogP contribution in [0.1, 0.15) is 86.6 Å². The maximum absolute atomic E-state index is 12.5. The van der Waals surface area contributed by atoms with Crippen LogP contribution in [-0.2, 0) is 16.0 Å². The summed E-state index contributed by atoms with van der Waals surface area (Å²) in [6.45, 7) is 18.4. The molecule has 0 fully saturated rings. The van der Waals surface area contributed by atoms with Crippen molar-refractivity contribution in [2.75, 3.05) is 19.6 Å². The minimum atomic E-state index is -0.654. The Hall–Kier alpha value is -1.59. The van der Waals surface area contributed by atoms with Crippen LogP contribution in [0.15, 0.2) is 18.2 Å². The number of nitrogens with zero attached hydrogens (tertiary/aromatic N) is 1. The Labute approximate surface area is 201 Å². The zero-order chi connectivity index (χ0) is 23.7. The summed E-state index contributed by atoms with van der Waals surface area (Å²) in [4.78, 5) is 27.4. The van der Waals surface area contributed by atoms with Crippen LogP contribution in [0.4, 0.5) is 0 Å². The number of carbonyl (C=O) groups is 2. The minimum absolute atomic E-state index is 0. The highest BCUT2D eigenvalue weighted by molar-refractivity contribution is 5.85. The van der Waals surface area contributed by atoms with Gasteiger partial charge in [0.2, 0.25) is 0 Å². The van der Waals surface area contributed by atoms with Gasteiger partial charge in [0.25, 0.3) is 0 Å². The van der Waals surface area contributed by atoms with Crippen molar-refractivity contribution in [2.45, 2.75) is 87.5 Å². The Bertz CT molecular complexity index is 712. The van der Waals surface area contributed by atoms with E-state index in [1.165, 1.54) is 25.7 Å². The number of esters is 2. The summed E-state index contributed by atoms with van der Waals surface area (Å²) in [6.07, 6.45) is 5.60. The maximum Gasteiger partial charge on any atom is 0.316 e. The molecule has 32 heavy (non-hydrogen) atoms. The summed E-state index contributed by atoms with van der Waals surface area (Å²) in [6, 6.07) is 5.54. The number of benzene rings is 1. The fourth-order valence-corrected chi connectivity index (χ4v) is 2.76. The van der Waals surface area contributed by atoms with Crippen molar-refractivity contribution >= 4 is 24.3 Å². The predicted octanol–water partition coefficient (Wildman–Crippen LogP) is 6.46. The molecule has 0 bridgehead atoms. The fourth-order valence-electron chi connectivity index (χ4n) is 2.76. The van der Waals surface area contributed by atoms with Crippen LogP contribution in [0, 0.1) is 10.8 Å². The second-order valence-electron chi connectivity index (χ2n) is 10.4. The molecule has 1 rings (SSSR count). The number of rotatable bonds is 11. The lowest BCUT2D eigenvalue weighted by Gasteiger charge is -2.23. The number of hydrogen-bond donors (Lipinski definition) is 0. The molecule has 0 aliphatic heterocycles. The van der Waals surface area contributed by atoms with Gasteiger partial charge in [0.15, 0.2) is 11.5 Å². The topological polar surface area (TPSA) is 55.8 Å². The molecule has 0 saturated carbocycles. The second-order valence-corrected chi connectivity index (χ2v) is 10.4. The molecular formula is C26H44ClNO4. The van der Waals surface area contributed by atoms with Crippen molar-refractivity contribution in [3.8, 4) is 11.5 Å². The molecule has 6 heteroatoms. The first-order chi connectivity index (χ1) is 14.4. The molecule has 0 unspecified atom stereocenters. The number of unbranched alkanes of at least 4 members (excludes halogenated alkanes) is 2. The molecule has 184 valence electrons. The molecule has 0 heterocycles. The summed E-state index contributed by atoms with van der Waals surface area (Å²) in [5.41, 5.74) is -0.244. The van der Waals surface area contributed by atoms with E-state index in [9.17, 15) is 9.59 Å². The number of ether oxygens (including phenoxy) is 2. The molecule has 0 N–H and O–H groups in total. The standard InChI is InChI=1S/C26H43NO4.ClH/c1-9-11-16-27(17-12-10-2)18-15-20-13-14-21(30-23(28)25(3,4)5)22(19-20)31-24(29)26(6,7)8;/h13-14,19H,9-12,15-18H2,1-8H3;1H. The highest BCUT2D eigenvalue weighted by atomic mass is 35.5. The third-order valence-electron chi connectivity index (χ3n) is 5.01.